The summed E-state index contributed by atoms with van der Waals surface area (Å²) >= 11 is 0. The van der Waals surface area contributed by atoms with E-state index in [1.807, 2.05) is 0 Å². The molecule has 94 valence electrons. The van der Waals surface area contributed by atoms with Crippen molar-refractivity contribution in [1.29, 1.82) is 0 Å². The monoisotopic (exact) mass is 257 g/mol. The lowest BCUT2D eigenvalue weighted by Gasteiger charge is -2.16. The average Bonchev–Trinajstić information content (AvgIpc) is 2.28. The Bertz CT molecular complexity index is 513. The molecule has 0 saturated carbocycles. The van der Waals surface area contributed by atoms with Gasteiger partial charge in [0.2, 0.25) is 15.9 Å². The number of carbonyl (C=O) groups is 1. The normalized spacial score (nSPS) is 11.5. The maximum absolute atomic E-state index is 12.0. The van der Waals surface area contributed by atoms with Crippen molar-refractivity contribution in [1.82, 2.24) is 9.62 Å². The first-order chi connectivity index (χ1) is 7.87. The number of hydrogen-bond acceptors (Lipinski definition) is 4. The van der Waals surface area contributed by atoms with Gasteiger partial charge in [0.1, 0.15) is 0 Å². The van der Waals surface area contributed by atoms with E-state index in [4.69, 9.17) is 5.73 Å². The van der Waals surface area contributed by atoms with Gasteiger partial charge in [0, 0.05) is 19.8 Å². The number of rotatable bonds is 4. The second kappa shape index (κ2) is 5.15. The molecule has 0 fully saturated rings. The Morgan fingerprint density at radius 2 is 2.12 bits per heavy atom. The quantitative estimate of drug-likeness (QED) is 0.720. The van der Waals surface area contributed by atoms with Crippen LogP contribution < -0.4 is 11.1 Å². The minimum Gasteiger partial charge on any atom is -0.399 e. The van der Waals surface area contributed by atoms with Crippen molar-refractivity contribution < 1.29 is 13.2 Å². The van der Waals surface area contributed by atoms with Crippen LogP contribution >= 0.6 is 0 Å². The molecule has 0 radical (unpaired) electrons. The smallest absolute Gasteiger partial charge is 0.243 e. The molecule has 0 saturated heterocycles. The Kier molecular flexibility index (Phi) is 4.08. The summed E-state index contributed by atoms with van der Waals surface area (Å²) in [7, 11) is -0.885. The lowest BCUT2D eigenvalue weighted by atomic mass is 10.3. The number of anilines is 1. The van der Waals surface area contributed by atoms with Crippen LogP contribution in [-0.2, 0) is 14.8 Å². The Morgan fingerprint density at radius 3 is 2.65 bits per heavy atom. The molecule has 0 atom stereocenters. The van der Waals surface area contributed by atoms with Gasteiger partial charge in [0.05, 0.1) is 11.4 Å². The van der Waals surface area contributed by atoms with Gasteiger partial charge in [-0.25, -0.2) is 8.42 Å². The lowest BCUT2D eigenvalue weighted by molar-refractivity contribution is -0.120. The standard InChI is InChI=1S/C10H15N3O3S/c1-12-10(14)7-13(2)17(15,16)9-5-3-4-8(11)6-9/h3-6H,7,11H2,1-2H3,(H,12,14). The fourth-order valence-corrected chi connectivity index (χ4v) is 2.40. The molecule has 3 N–H and O–H groups in total. The number of nitrogens with zero attached hydrogens (tertiary/aromatic N) is 1. The molecule has 0 heterocycles. The van der Waals surface area contributed by atoms with Crippen molar-refractivity contribution in [3.63, 3.8) is 0 Å². The summed E-state index contributed by atoms with van der Waals surface area (Å²) in [6.45, 7) is -0.229. The molecule has 1 amide bonds. The molecular weight excluding hydrogens is 242 g/mol. The number of nitrogens with two attached hydrogens (primary N) is 1. The van der Waals surface area contributed by atoms with Crippen LogP contribution in [0.25, 0.3) is 0 Å². The summed E-state index contributed by atoms with van der Waals surface area (Å²) in [5, 5.41) is 2.36. The summed E-state index contributed by atoms with van der Waals surface area (Å²) < 4.78 is 25.0. The number of sulfonamides is 1. The SMILES string of the molecule is CNC(=O)CN(C)S(=O)(=O)c1cccc(N)c1. The van der Waals surface area contributed by atoms with E-state index < -0.39 is 10.0 Å². The highest BCUT2D eigenvalue weighted by atomic mass is 32.2. The zero-order valence-corrected chi connectivity index (χ0v) is 10.5. The van der Waals surface area contributed by atoms with Gasteiger partial charge in [0.15, 0.2) is 0 Å². The highest BCUT2D eigenvalue weighted by molar-refractivity contribution is 7.89. The van der Waals surface area contributed by atoms with Crippen molar-refractivity contribution >= 4 is 21.6 Å². The van der Waals surface area contributed by atoms with E-state index in [0.29, 0.717) is 5.69 Å². The minimum atomic E-state index is -3.67. The Balaban J connectivity index is 2.99. The number of carbonyl (C=O) groups excluding carboxylic acids is 1. The lowest BCUT2D eigenvalue weighted by Crippen LogP contribution is -2.36. The van der Waals surface area contributed by atoms with Crippen molar-refractivity contribution in [3.05, 3.63) is 24.3 Å². The number of amides is 1. The van der Waals surface area contributed by atoms with Gasteiger partial charge in [-0.05, 0) is 18.2 Å². The highest BCUT2D eigenvalue weighted by Gasteiger charge is 2.22. The maximum Gasteiger partial charge on any atom is 0.243 e. The van der Waals surface area contributed by atoms with E-state index in [-0.39, 0.29) is 17.3 Å². The molecular formula is C10H15N3O3S. The molecule has 0 aromatic heterocycles. The second-order valence-electron chi connectivity index (χ2n) is 3.51. The molecule has 0 unspecified atom stereocenters. The van der Waals surface area contributed by atoms with E-state index >= 15 is 0 Å². The third kappa shape index (κ3) is 3.18. The first-order valence-corrected chi connectivity index (χ1v) is 6.34. The number of likely N-dealkylation sites (N-methyl/N-ethyl adjacent to an activating group) is 2. The van der Waals surface area contributed by atoms with Crippen LogP contribution in [0.5, 0.6) is 0 Å². The number of nitrogens with one attached hydrogen (secondary N) is 1. The van der Waals surface area contributed by atoms with Crippen molar-refractivity contribution in [2.24, 2.45) is 0 Å². The Labute approximate surface area is 100 Å². The van der Waals surface area contributed by atoms with Crippen LogP contribution in [0.1, 0.15) is 0 Å². The Hall–Kier alpha value is -1.60. The fraction of sp³-hybridized carbons (Fsp3) is 0.300. The predicted molar refractivity (Wildman–Crippen MR) is 64.7 cm³/mol. The van der Waals surface area contributed by atoms with E-state index in [1.165, 1.54) is 26.2 Å². The first-order valence-electron chi connectivity index (χ1n) is 4.90. The number of hydrogen-bond donors (Lipinski definition) is 2. The van der Waals surface area contributed by atoms with Crippen LogP contribution in [0.3, 0.4) is 0 Å². The van der Waals surface area contributed by atoms with Gasteiger partial charge in [0.25, 0.3) is 0 Å². The largest absolute Gasteiger partial charge is 0.399 e. The topological polar surface area (TPSA) is 92.5 Å². The zero-order chi connectivity index (χ0) is 13.1. The second-order valence-corrected chi connectivity index (χ2v) is 5.55. The van der Waals surface area contributed by atoms with Gasteiger partial charge in [-0.1, -0.05) is 6.07 Å². The van der Waals surface area contributed by atoms with E-state index in [2.05, 4.69) is 5.32 Å². The van der Waals surface area contributed by atoms with Gasteiger partial charge < -0.3 is 11.1 Å². The molecule has 0 spiro atoms. The third-order valence-corrected chi connectivity index (χ3v) is 4.01. The zero-order valence-electron chi connectivity index (χ0n) is 9.67. The molecule has 0 bridgehead atoms. The van der Waals surface area contributed by atoms with E-state index in [1.54, 1.807) is 12.1 Å². The van der Waals surface area contributed by atoms with Crippen molar-refractivity contribution in [2.45, 2.75) is 4.90 Å². The molecule has 6 nitrogen and oxygen atoms in total. The third-order valence-electron chi connectivity index (χ3n) is 2.21. The number of benzene rings is 1. The molecule has 0 aliphatic carbocycles. The number of nitrogen functional groups attached to an aromatic ring is 1. The van der Waals surface area contributed by atoms with Gasteiger partial charge in [-0.15, -0.1) is 0 Å². The molecule has 0 aliphatic heterocycles. The summed E-state index contributed by atoms with van der Waals surface area (Å²) in [6, 6.07) is 5.94. The summed E-state index contributed by atoms with van der Waals surface area (Å²) in [6.07, 6.45) is 0. The highest BCUT2D eigenvalue weighted by Crippen LogP contribution is 2.16. The molecule has 0 aliphatic rings. The van der Waals surface area contributed by atoms with Gasteiger partial charge in [-0.2, -0.15) is 4.31 Å². The van der Waals surface area contributed by atoms with Crippen LogP contribution in [0, 0.1) is 0 Å². The molecule has 1 aromatic rings. The molecule has 17 heavy (non-hydrogen) atoms. The van der Waals surface area contributed by atoms with Crippen LogP contribution in [0.15, 0.2) is 29.2 Å². The summed E-state index contributed by atoms with van der Waals surface area (Å²) in [5.74, 6) is -0.375. The van der Waals surface area contributed by atoms with Crippen LogP contribution in [0.4, 0.5) is 5.69 Å². The van der Waals surface area contributed by atoms with Crippen LogP contribution in [0.2, 0.25) is 0 Å². The van der Waals surface area contributed by atoms with Crippen molar-refractivity contribution in [3.8, 4) is 0 Å². The maximum atomic E-state index is 12.0. The molecule has 1 aromatic carbocycles. The van der Waals surface area contributed by atoms with Crippen LogP contribution in [-0.4, -0.2) is 39.3 Å². The minimum absolute atomic E-state index is 0.0731. The first kappa shape index (κ1) is 13.5. The summed E-state index contributed by atoms with van der Waals surface area (Å²) in [4.78, 5) is 11.2. The van der Waals surface area contributed by atoms with E-state index in [9.17, 15) is 13.2 Å². The van der Waals surface area contributed by atoms with Gasteiger partial charge in [-0.3, -0.25) is 4.79 Å². The fourth-order valence-electron chi connectivity index (χ4n) is 1.22. The average molecular weight is 257 g/mol. The Morgan fingerprint density at radius 1 is 1.47 bits per heavy atom. The molecule has 1 rings (SSSR count). The van der Waals surface area contributed by atoms with Gasteiger partial charge >= 0.3 is 0 Å². The summed E-state index contributed by atoms with van der Waals surface area (Å²) in [5.41, 5.74) is 5.88. The van der Waals surface area contributed by atoms with E-state index in [0.717, 1.165) is 4.31 Å². The molecule has 7 heteroatoms. The predicted octanol–water partition coefficient (Wildman–Crippen LogP) is -0.365. The van der Waals surface area contributed by atoms with Crippen molar-refractivity contribution in [2.75, 3.05) is 26.4 Å².